The molecule has 0 spiro atoms. The van der Waals surface area contributed by atoms with E-state index in [0.29, 0.717) is 24.8 Å². The van der Waals surface area contributed by atoms with Crippen LogP contribution in [-0.2, 0) is 9.59 Å². The Kier molecular flexibility index (Phi) is 6.90. The number of nitrogens with zero attached hydrogens (tertiary/aromatic N) is 1. The van der Waals surface area contributed by atoms with Gasteiger partial charge in [-0.2, -0.15) is 0 Å². The molecule has 0 unspecified atom stereocenters. The Morgan fingerprint density at radius 1 is 1.13 bits per heavy atom. The van der Waals surface area contributed by atoms with Gasteiger partial charge in [-0.15, -0.1) is 23.2 Å². The zero-order valence-corrected chi connectivity index (χ0v) is 9.59. The lowest BCUT2D eigenvalue weighted by Gasteiger charge is -2.23. The maximum Gasteiger partial charge on any atom is 0.265 e. The summed E-state index contributed by atoms with van der Waals surface area (Å²) in [5.74, 6) is -0.887. The molecule has 0 aliphatic carbocycles. The molecule has 0 saturated carbocycles. The highest BCUT2D eigenvalue weighted by molar-refractivity contribution is 6.18. The second-order valence-corrected chi connectivity index (χ2v) is 3.42. The van der Waals surface area contributed by atoms with Gasteiger partial charge in [0.2, 0.25) is 5.91 Å². The molecule has 0 aromatic rings. The molecule has 0 aliphatic rings. The summed E-state index contributed by atoms with van der Waals surface area (Å²) in [4.78, 5) is 23.2. The van der Waals surface area contributed by atoms with Gasteiger partial charge >= 0.3 is 0 Å². The Labute approximate surface area is 98.0 Å². The van der Waals surface area contributed by atoms with Crippen LogP contribution in [0.5, 0.6) is 0 Å². The number of amides is 2. The number of hydrogen-bond donors (Lipinski definition) is 2. The predicted molar refractivity (Wildman–Crippen MR) is 59.5 cm³/mol. The van der Waals surface area contributed by atoms with Gasteiger partial charge < -0.3 is 16.4 Å². The third-order valence-electron chi connectivity index (χ3n) is 1.58. The monoisotopic (exact) mass is 253 g/mol. The molecule has 0 bridgehead atoms. The summed E-state index contributed by atoms with van der Waals surface area (Å²) >= 11 is 11.1. The maximum absolute atomic E-state index is 11.0. The number of carbonyl (C=O) groups excluding carboxylic acids is 2. The van der Waals surface area contributed by atoms with Gasteiger partial charge in [-0.1, -0.05) is 0 Å². The van der Waals surface area contributed by atoms with Crippen LogP contribution in [0.2, 0.25) is 0 Å². The molecule has 0 aliphatic heterocycles. The molecule has 7 heteroatoms. The second kappa shape index (κ2) is 7.36. The average Bonchev–Trinajstić information content (AvgIpc) is 2.13. The fraction of sp³-hybridized carbons (Fsp3) is 0.500. The van der Waals surface area contributed by atoms with Crippen molar-refractivity contribution in [3.63, 3.8) is 0 Å². The molecular weight excluding hydrogens is 241 g/mol. The van der Waals surface area contributed by atoms with E-state index in [1.165, 1.54) is 4.90 Å². The van der Waals surface area contributed by atoms with Gasteiger partial charge in [0.25, 0.3) is 5.91 Å². The van der Waals surface area contributed by atoms with Crippen molar-refractivity contribution in [1.82, 2.24) is 4.90 Å². The van der Waals surface area contributed by atoms with E-state index in [2.05, 4.69) is 0 Å². The highest BCUT2D eigenvalue weighted by Crippen LogP contribution is 2.04. The van der Waals surface area contributed by atoms with Crippen LogP contribution >= 0.6 is 23.2 Å². The molecule has 5 nitrogen and oxygen atoms in total. The lowest BCUT2D eigenvalue weighted by Crippen LogP contribution is -2.35. The van der Waals surface area contributed by atoms with Crippen LogP contribution in [0.25, 0.3) is 0 Å². The first-order chi connectivity index (χ1) is 7.02. The van der Waals surface area contributed by atoms with E-state index in [1.54, 1.807) is 0 Å². The van der Waals surface area contributed by atoms with Crippen molar-refractivity contribution in [2.24, 2.45) is 11.5 Å². The molecular formula is C8H13Cl2N3O2. The van der Waals surface area contributed by atoms with Crippen LogP contribution in [0.4, 0.5) is 0 Å². The Hall–Kier alpha value is -0.940. The largest absolute Gasteiger partial charge is 0.366 e. The van der Waals surface area contributed by atoms with Gasteiger partial charge in [-0.05, 0) is 0 Å². The van der Waals surface area contributed by atoms with E-state index in [4.69, 9.17) is 34.7 Å². The van der Waals surface area contributed by atoms with Crippen molar-refractivity contribution in [2.45, 2.75) is 0 Å². The first-order valence-electron chi connectivity index (χ1n) is 4.20. The van der Waals surface area contributed by atoms with Crippen LogP contribution in [0.15, 0.2) is 11.8 Å². The van der Waals surface area contributed by atoms with E-state index >= 15 is 0 Å². The SMILES string of the molecule is NC(=O)/C=C(\C(N)=O)N(CCCl)CCCl. The summed E-state index contributed by atoms with van der Waals surface area (Å²) in [6.45, 7) is 0.743. The van der Waals surface area contributed by atoms with Crippen LogP contribution in [-0.4, -0.2) is 41.6 Å². The summed E-state index contributed by atoms with van der Waals surface area (Å²) in [5, 5.41) is 0. The average molecular weight is 254 g/mol. The third-order valence-corrected chi connectivity index (χ3v) is 1.92. The van der Waals surface area contributed by atoms with Crippen LogP contribution in [0, 0.1) is 0 Å². The van der Waals surface area contributed by atoms with Gasteiger partial charge in [0.15, 0.2) is 0 Å². The van der Waals surface area contributed by atoms with Crippen LogP contribution < -0.4 is 11.5 Å². The van der Waals surface area contributed by atoms with E-state index in [1.807, 2.05) is 0 Å². The first kappa shape index (κ1) is 14.1. The van der Waals surface area contributed by atoms with Crippen molar-refractivity contribution in [3.05, 3.63) is 11.8 Å². The molecule has 0 heterocycles. The molecule has 4 N–H and O–H groups in total. The third kappa shape index (κ3) is 5.49. The highest BCUT2D eigenvalue weighted by Gasteiger charge is 2.14. The number of alkyl halides is 2. The van der Waals surface area contributed by atoms with E-state index < -0.39 is 11.8 Å². The first-order valence-corrected chi connectivity index (χ1v) is 5.27. The topological polar surface area (TPSA) is 89.4 Å². The van der Waals surface area contributed by atoms with Crippen molar-refractivity contribution >= 4 is 35.0 Å². The Balaban J connectivity index is 4.82. The molecule has 15 heavy (non-hydrogen) atoms. The van der Waals surface area contributed by atoms with Crippen molar-refractivity contribution in [2.75, 3.05) is 24.8 Å². The maximum atomic E-state index is 11.0. The van der Waals surface area contributed by atoms with Gasteiger partial charge in [0, 0.05) is 30.9 Å². The van der Waals surface area contributed by atoms with Crippen molar-refractivity contribution in [3.8, 4) is 0 Å². The normalized spacial score (nSPS) is 11.2. The summed E-state index contributed by atoms with van der Waals surface area (Å²) < 4.78 is 0. The smallest absolute Gasteiger partial charge is 0.265 e. The summed E-state index contributed by atoms with van der Waals surface area (Å²) in [5.41, 5.74) is 10.1. The van der Waals surface area contributed by atoms with Crippen molar-refractivity contribution < 1.29 is 9.59 Å². The number of primary amides is 2. The zero-order chi connectivity index (χ0) is 11.8. The van der Waals surface area contributed by atoms with Gasteiger partial charge in [0.05, 0.1) is 0 Å². The van der Waals surface area contributed by atoms with Crippen LogP contribution in [0.1, 0.15) is 0 Å². The summed E-state index contributed by atoms with van der Waals surface area (Å²) in [6.07, 6.45) is 0.974. The fourth-order valence-corrected chi connectivity index (χ4v) is 1.42. The molecule has 2 amide bonds. The Morgan fingerprint density at radius 2 is 1.60 bits per heavy atom. The van der Waals surface area contributed by atoms with Crippen molar-refractivity contribution in [1.29, 1.82) is 0 Å². The standard InChI is InChI=1S/C8H13Cl2N3O2/c9-1-3-13(4-2-10)6(8(12)15)5-7(11)14/h5H,1-4H2,(H2,11,14)(H2,12,15)/b6-5+. The van der Waals surface area contributed by atoms with E-state index in [9.17, 15) is 9.59 Å². The Morgan fingerprint density at radius 3 is 1.87 bits per heavy atom. The number of hydrogen-bond acceptors (Lipinski definition) is 3. The quantitative estimate of drug-likeness (QED) is 0.479. The van der Waals surface area contributed by atoms with E-state index in [0.717, 1.165) is 6.08 Å². The predicted octanol–water partition coefficient (Wildman–Crippen LogP) is -0.380. The molecule has 0 saturated heterocycles. The van der Waals surface area contributed by atoms with E-state index in [-0.39, 0.29) is 5.70 Å². The summed E-state index contributed by atoms with van der Waals surface area (Å²) in [6, 6.07) is 0. The van der Waals surface area contributed by atoms with Crippen LogP contribution in [0.3, 0.4) is 0 Å². The second-order valence-electron chi connectivity index (χ2n) is 2.66. The molecule has 0 atom stereocenters. The molecule has 0 aromatic heterocycles. The molecule has 0 rings (SSSR count). The number of halogens is 2. The highest BCUT2D eigenvalue weighted by atomic mass is 35.5. The minimum Gasteiger partial charge on any atom is -0.366 e. The Bertz CT molecular complexity index is 263. The fourth-order valence-electron chi connectivity index (χ4n) is 1.01. The molecule has 0 radical (unpaired) electrons. The minimum atomic E-state index is -0.738. The number of nitrogens with two attached hydrogens (primary N) is 2. The molecule has 0 aromatic carbocycles. The summed E-state index contributed by atoms with van der Waals surface area (Å²) in [7, 11) is 0. The lowest BCUT2D eigenvalue weighted by atomic mass is 10.3. The molecule has 86 valence electrons. The minimum absolute atomic E-state index is 0.0313. The van der Waals surface area contributed by atoms with Gasteiger partial charge in [0.1, 0.15) is 5.70 Å². The van der Waals surface area contributed by atoms with Gasteiger partial charge in [-0.3, -0.25) is 9.59 Å². The lowest BCUT2D eigenvalue weighted by molar-refractivity contribution is -0.117. The van der Waals surface area contributed by atoms with Gasteiger partial charge in [-0.25, -0.2) is 0 Å². The number of rotatable bonds is 7. The zero-order valence-electron chi connectivity index (χ0n) is 8.08. The number of carbonyl (C=O) groups is 2. The molecule has 0 fully saturated rings.